The molecule has 1 aliphatic carbocycles. The number of nitrogens with one attached hydrogen (secondary N) is 2. The van der Waals surface area contributed by atoms with Crippen molar-refractivity contribution in [1.29, 1.82) is 0 Å². The first kappa shape index (κ1) is 11.9. The van der Waals surface area contributed by atoms with Crippen molar-refractivity contribution in [2.24, 2.45) is 0 Å². The molecular weight excluding hydrogens is 218 g/mol. The minimum atomic E-state index is -0.133. The Hall–Kier alpha value is -1.62. The molecule has 0 spiro atoms. The van der Waals surface area contributed by atoms with E-state index >= 15 is 0 Å². The fourth-order valence-electron chi connectivity index (χ4n) is 1.51. The van der Waals surface area contributed by atoms with Crippen LogP contribution in [-0.4, -0.2) is 28.6 Å². The van der Waals surface area contributed by atoms with E-state index in [2.05, 4.69) is 15.6 Å². The Kier molecular flexibility index (Phi) is 3.58. The number of aryl methyl sites for hydroxylation is 1. The predicted molar refractivity (Wildman–Crippen MR) is 64.9 cm³/mol. The summed E-state index contributed by atoms with van der Waals surface area (Å²) in [6, 6.07) is 3.83. The number of nitrogens with zero attached hydrogens (tertiary/aromatic N) is 1. The van der Waals surface area contributed by atoms with Gasteiger partial charge in [0.1, 0.15) is 0 Å². The van der Waals surface area contributed by atoms with Crippen LogP contribution in [0.5, 0.6) is 5.75 Å². The normalized spacial score (nSPS) is 14.6. The average Bonchev–Trinajstić information content (AvgIpc) is 3.07. The van der Waals surface area contributed by atoms with Gasteiger partial charge >= 0.3 is 0 Å². The van der Waals surface area contributed by atoms with Crippen molar-refractivity contribution in [3.63, 3.8) is 0 Å². The summed E-state index contributed by atoms with van der Waals surface area (Å²) in [5.74, 6) is 0.104. The monoisotopic (exact) mass is 235 g/mol. The molecule has 2 rings (SSSR count). The molecule has 1 fully saturated rings. The molecule has 0 aromatic carbocycles. The van der Waals surface area contributed by atoms with Gasteiger partial charge in [-0.3, -0.25) is 4.79 Å². The number of rotatable bonds is 5. The molecule has 0 atom stereocenters. The number of aromatic nitrogens is 1. The SMILES string of the molecule is Cc1ccc(O)c(NC(=O)CCNC2CC2)n1. The Morgan fingerprint density at radius 2 is 2.29 bits per heavy atom. The number of carbonyl (C=O) groups is 1. The van der Waals surface area contributed by atoms with Crippen LogP contribution in [-0.2, 0) is 4.79 Å². The van der Waals surface area contributed by atoms with E-state index in [0.29, 0.717) is 19.0 Å². The highest BCUT2D eigenvalue weighted by atomic mass is 16.3. The third-order valence-electron chi connectivity index (χ3n) is 2.63. The molecule has 0 bridgehead atoms. The van der Waals surface area contributed by atoms with Gasteiger partial charge in [-0.1, -0.05) is 0 Å². The lowest BCUT2D eigenvalue weighted by Crippen LogP contribution is -2.23. The van der Waals surface area contributed by atoms with Gasteiger partial charge in [0, 0.05) is 24.7 Å². The summed E-state index contributed by atoms with van der Waals surface area (Å²) in [5.41, 5.74) is 0.759. The van der Waals surface area contributed by atoms with E-state index in [9.17, 15) is 9.90 Å². The number of carbonyl (C=O) groups excluding carboxylic acids is 1. The van der Waals surface area contributed by atoms with Gasteiger partial charge in [-0.25, -0.2) is 4.98 Å². The zero-order valence-electron chi connectivity index (χ0n) is 9.86. The number of hydrogen-bond donors (Lipinski definition) is 3. The quantitative estimate of drug-likeness (QED) is 0.716. The molecule has 1 aromatic rings. The predicted octanol–water partition coefficient (Wildman–Crippen LogP) is 1.18. The van der Waals surface area contributed by atoms with E-state index in [1.165, 1.54) is 18.9 Å². The first-order valence-electron chi connectivity index (χ1n) is 5.85. The molecule has 0 saturated heterocycles. The largest absolute Gasteiger partial charge is 0.504 e. The van der Waals surface area contributed by atoms with Crippen LogP contribution >= 0.6 is 0 Å². The highest BCUT2D eigenvalue weighted by molar-refractivity contribution is 5.91. The molecule has 1 saturated carbocycles. The van der Waals surface area contributed by atoms with Crippen molar-refractivity contribution >= 4 is 11.7 Å². The Labute approximate surface area is 100 Å². The summed E-state index contributed by atoms with van der Waals surface area (Å²) in [6.45, 7) is 2.48. The lowest BCUT2D eigenvalue weighted by molar-refractivity contribution is -0.116. The lowest BCUT2D eigenvalue weighted by atomic mass is 10.3. The maximum Gasteiger partial charge on any atom is 0.226 e. The second-order valence-corrected chi connectivity index (χ2v) is 4.35. The molecule has 1 amide bonds. The maximum absolute atomic E-state index is 11.6. The van der Waals surface area contributed by atoms with Crippen LogP contribution in [0, 0.1) is 6.92 Å². The second-order valence-electron chi connectivity index (χ2n) is 4.35. The fourth-order valence-corrected chi connectivity index (χ4v) is 1.51. The van der Waals surface area contributed by atoms with Gasteiger partial charge in [0.25, 0.3) is 0 Å². The van der Waals surface area contributed by atoms with E-state index in [0.717, 1.165) is 5.69 Å². The van der Waals surface area contributed by atoms with Crippen LogP contribution in [0.3, 0.4) is 0 Å². The summed E-state index contributed by atoms with van der Waals surface area (Å²) < 4.78 is 0. The molecule has 1 aliphatic rings. The van der Waals surface area contributed by atoms with Gasteiger partial charge in [-0.15, -0.1) is 0 Å². The van der Waals surface area contributed by atoms with E-state index in [1.807, 2.05) is 6.92 Å². The molecule has 17 heavy (non-hydrogen) atoms. The molecular formula is C12H17N3O2. The Morgan fingerprint density at radius 3 is 3.00 bits per heavy atom. The van der Waals surface area contributed by atoms with E-state index in [-0.39, 0.29) is 17.5 Å². The van der Waals surface area contributed by atoms with Gasteiger partial charge in [0.05, 0.1) is 0 Å². The van der Waals surface area contributed by atoms with Crippen molar-refractivity contribution in [3.8, 4) is 5.75 Å². The summed E-state index contributed by atoms with van der Waals surface area (Å²) in [7, 11) is 0. The van der Waals surface area contributed by atoms with Crippen LogP contribution < -0.4 is 10.6 Å². The van der Waals surface area contributed by atoms with Crippen LogP contribution in [0.15, 0.2) is 12.1 Å². The summed E-state index contributed by atoms with van der Waals surface area (Å²) in [4.78, 5) is 15.6. The van der Waals surface area contributed by atoms with Gasteiger partial charge in [0.15, 0.2) is 11.6 Å². The Balaban J connectivity index is 1.81. The number of pyridine rings is 1. The lowest BCUT2D eigenvalue weighted by Gasteiger charge is -2.07. The standard InChI is InChI=1S/C12H17N3O2/c1-8-2-5-10(16)12(14-8)15-11(17)6-7-13-9-3-4-9/h2,5,9,13,16H,3-4,6-7H2,1H3,(H,14,15,17). The highest BCUT2D eigenvalue weighted by Crippen LogP contribution is 2.20. The topological polar surface area (TPSA) is 74.2 Å². The van der Waals surface area contributed by atoms with Crippen LogP contribution in [0.2, 0.25) is 0 Å². The van der Waals surface area contributed by atoms with E-state index in [1.54, 1.807) is 6.07 Å². The minimum Gasteiger partial charge on any atom is -0.504 e. The third-order valence-corrected chi connectivity index (χ3v) is 2.63. The third kappa shape index (κ3) is 3.71. The highest BCUT2D eigenvalue weighted by Gasteiger charge is 2.20. The molecule has 92 valence electrons. The smallest absolute Gasteiger partial charge is 0.226 e. The summed E-state index contributed by atoms with van der Waals surface area (Å²) in [5, 5.41) is 15.4. The van der Waals surface area contributed by atoms with Crippen molar-refractivity contribution in [3.05, 3.63) is 17.8 Å². The Bertz CT molecular complexity index is 416. The average molecular weight is 235 g/mol. The van der Waals surface area contributed by atoms with Gasteiger partial charge < -0.3 is 15.7 Å². The molecule has 3 N–H and O–H groups in total. The molecule has 0 unspecified atom stereocenters. The first-order valence-corrected chi connectivity index (χ1v) is 5.85. The van der Waals surface area contributed by atoms with Crippen LogP contribution in [0.4, 0.5) is 5.82 Å². The number of aromatic hydroxyl groups is 1. The van der Waals surface area contributed by atoms with Crippen LogP contribution in [0.1, 0.15) is 25.0 Å². The minimum absolute atomic E-state index is 0.000831. The molecule has 0 radical (unpaired) electrons. The molecule has 5 nitrogen and oxygen atoms in total. The van der Waals surface area contributed by atoms with Gasteiger partial charge in [-0.2, -0.15) is 0 Å². The van der Waals surface area contributed by atoms with Crippen molar-refractivity contribution in [1.82, 2.24) is 10.3 Å². The molecule has 1 heterocycles. The fraction of sp³-hybridized carbons (Fsp3) is 0.500. The number of amides is 1. The maximum atomic E-state index is 11.6. The van der Waals surface area contributed by atoms with E-state index < -0.39 is 0 Å². The molecule has 0 aliphatic heterocycles. The Morgan fingerprint density at radius 1 is 1.53 bits per heavy atom. The van der Waals surface area contributed by atoms with Crippen molar-refractivity contribution in [2.45, 2.75) is 32.2 Å². The molecule has 5 heteroatoms. The second kappa shape index (κ2) is 5.14. The summed E-state index contributed by atoms with van der Waals surface area (Å²) in [6.07, 6.45) is 2.81. The first-order chi connectivity index (χ1) is 8.15. The van der Waals surface area contributed by atoms with Gasteiger partial charge in [-0.05, 0) is 31.9 Å². The number of hydrogen-bond acceptors (Lipinski definition) is 4. The zero-order chi connectivity index (χ0) is 12.3. The van der Waals surface area contributed by atoms with Crippen LogP contribution in [0.25, 0.3) is 0 Å². The van der Waals surface area contributed by atoms with Gasteiger partial charge in [0.2, 0.25) is 5.91 Å². The van der Waals surface area contributed by atoms with Crippen molar-refractivity contribution < 1.29 is 9.90 Å². The molecule has 1 aromatic heterocycles. The summed E-state index contributed by atoms with van der Waals surface area (Å²) >= 11 is 0. The number of anilines is 1. The zero-order valence-corrected chi connectivity index (χ0v) is 9.86. The van der Waals surface area contributed by atoms with Crippen molar-refractivity contribution in [2.75, 3.05) is 11.9 Å². The van der Waals surface area contributed by atoms with E-state index in [4.69, 9.17) is 0 Å².